The first-order valence-electron chi connectivity index (χ1n) is 11.3. The number of hydrogen-bond acceptors (Lipinski definition) is 3. The molecule has 0 fully saturated rings. The number of fused-ring (bicyclic) bond motifs is 2. The third-order valence-corrected chi connectivity index (χ3v) is 5.96. The van der Waals surface area contributed by atoms with Gasteiger partial charge in [0.05, 0.1) is 6.20 Å². The van der Waals surface area contributed by atoms with Gasteiger partial charge in [-0.25, -0.2) is 0 Å². The summed E-state index contributed by atoms with van der Waals surface area (Å²) in [7, 11) is 0. The van der Waals surface area contributed by atoms with Crippen molar-refractivity contribution in [2.75, 3.05) is 0 Å². The van der Waals surface area contributed by atoms with Gasteiger partial charge in [0.15, 0.2) is 0 Å². The average molecular weight is 633 g/mol. The van der Waals surface area contributed by atoms with Crippen molar-refractivity contribution in [2.24, 2.45) is 0 Å². The summed E-state index contributed by atoms with van der Waals surface area (Å²) in [6.45, 7) is 4.46. The van der Waals surface area contributed by atoms with E-state index in [-0.39, 0.29) is 25.5 Å². The summed E-state index contributed by atoms with van der Waals surface area (Å²) in [6.07, 6.45) is 3.61. The van der Waals surface area contributed by atoms with Gasteiger partial charge in [-0.15, -0.1) is 71.8 Å². The summed E-state index contributed by atoms with van der Waals surface area (Å²) in [4.78, 5) is 8.76. The summed E-state index contributed by atoms with van der Waals surface area (Å²) < 4.78 is 6.03. The summed E-state index contributed by atoms with van der Waals surface area (Å²) in [5.74, 6) is 1.75. The van der Waals surface area contributed by atoms with Crippen LogP contribution in [-0.4, -0.2) is 9.97 Å². The van der Waals surface area contributed by atoms with Crippen LogP contribution in [-0.2, 0) is 25.5 Å². The van der Waals surface area contributed by atoms with Crippen LogP contribution in [0.4, 0.5) is 0 Å². The number of ether oxygens (including phenoxy) is 1. The van der Waals surface area contributed by atoms with Crippen LogP contribution in [0.2, 0.25) is 0 Å². The van der Waals surface area contributed by atoms with Crippen molar-refractivity contribution in [2.45, 2.75) is 19.3 Å². The maximum atomic E-state index is 6.03. The van der Waals surface area contributed by atoms with E-state index < -0.39 is 0 Å². The van der Waals surface area contributed by atoms with E-state index in [0.29, 0.717) is 0 Å². The minimum atomic E-state index is -0.114. The first-order chi connectivity index (χ1) is 16.6. The fourth-order valence-electron chi connectivity index (χ4n) is 4.12. The third kappa shape index (κ3) is 5.24. The monoisotopic (exact) mass is 633 g/mol. The molecule has 3 aromatic carbocycles. The van der Waals surface area contributed by atoms with E-state index in [2.05, 4.69) is 54.1 Å². The first kappa shape index (κ1) is 24.5. The van der Waals surface area contributed by atoms with Crippen LogP contribution in [0.5, 0.6) is 11.5 Å². The Morgan fingerprint density at radius 3 is 1.97 bits per heavy atom. The van der Waals surface area contributed by atoms with Crippen molar-refractivity contribution in [1.82, 2.24) is 9.97 Å². The van der Waals surface area contributed by atoms with Gasteiger partial charge in [-0.1, -0.05) is 50.2 Å². The maximum Gasteiger partial charge on any atom is 0.148 e. The fourth-order valence-corrected chi connectivity index (χ4v) is 4.12. The molecule has 3 heterocycles. The molecule has 1 radical (unpaired) electrons. The molecule has 35 heavy (non-hydrogen) atoms. The smallest absolute Gasteiger partial charge is 0.148 e. The molecule has 0 N–H and O–H groups in total. The molecule has 0 aliphatic carbocycles. The van der Waals surface area contributed by atoms with Crippen LogP contribution in [0.3, 0.4) is 0 Å². The van der Waals surface area contributed by atoms with Crippen LogP contribution < -0.4 is 4.74 Å². The minimum absolute atomic E-state index is 0. The zero-order valence-corrected chi connectivity index (χ0v) is 21.9. The first-order valence-corrected chi connectivity index (χ1v) is 11.3. The second kappa shape index (κ2) is 10.8. The van der Waals surface area contributed by atoms with Crippen LogP contribution in [0.1, 0.15) is 25.0 Å². The van der Waals surface area contributed by atoms with Crippen molar-refractivity contribution in [3.8, 4) is 34.0 Å². The number of benzene rings is 3. The molecule has 0 saturated carbocycles. The molecule has 1 aliphatic rings. The van der Waals surface area contributed by atoms with Gasteiger partial charge < -0.3 is 14.7 Å². The zero-order chi connectivity index (χ0) is 23.4. The molecule has 0 unspecified atom stereocenters. The molecular weight excluding hydrogens is 609 g/mol. The maximum absolute atomic E-state index is 6.03. The number of aromatic nitrogens is 2. The van der Waals surface area contributed by atoms with Crippen LogP contribution in [0.15, 0.2) is 109 Å². The minimum Gasteiger partial charge on any atom is -0.455 e. The topological polar surface area (TPSA) is 35.0 Å². The van der Waals surface area contributed by atoms with Crippen LogP contribution >= 0.6 is 0 Å². The van der Waals surface area contributed by atoms with Gasteiger partial charge in [-0.05, 0) is 29.1 Å². The molecule has 4 heteroatoms. The SMILES string of the molecule is CC1(C)c2ccccc2Oc2cnc(-c3[c-]cccc3)cc21.[Ir].[c-]1ccccc1-c1ccccn1. The molecule has 0 bridgehead atoms. The van der Waals surface area contributed by atoms with Gasteiger partial charge in [-0.3, -0.25) is 0 Å². The van der Waals surface area contributed by atoms with Crippen molar-refractivity contribution >= 4 is 0 Å². The average Bonchev–Trinajstić information content (AvgIpc) is 2.91. The Morgan fingerprint density at radius 1 is 0.657 bits per heavy atom. The molecule has 175 valence electrons. The number of para-hydroxylation sites is 1. The third-order valence-electron chi connectivity index (χ3n) is 5.96. The van der Waals surface area contributed by atoms with Gasteiger partial charge in [0.2, 0.25) is 0 Å². The predicted molar refractivity (Wildman–Crippen MR) is 136 cm³/mol. The Balaban J connectivity index is 0.000000189. The molecule has 0 atom stereocenters. The number of pyridine rings is 2. The van der Waals surface area contributed by atoms with E-state index in [9.17, 15) is 0 Å². The molecule has 3 nitrogen and oxygen atoms in total. The number of rotatable bonds is 2. The predicted octanol–water partition coefficient (Wildman–Crippen LogP) is 7.53. The molecule has 0 saturated heterocycles. The number of hydrogen-bond donors (Lipinski definition) is 0. The van der Waals surface area contributed by atoms with E-state index >= 15 is 0 Å². The Bertz CT molecular complexity index is 1350. The van der Waals surface area contributed by atoms with Gasteiger partial charge in [-0.2, -0.15) is 0 Å². The fraction of sp³-hybridized carbons (Fsp3) is 0.0968. The Labute approximate surface area is 220 Å². The molecule has 6 rings (SSSR count). The van der Waals surface area contributed by atoms with Crippen molar-refractivity contribution < 1.29 is 24.8 Å². The molecule has 1 aliphatic heterocycles. The second-order valence-electron chi connectivity index (χ2n) is 8.56. The van der Waals surface area contributed by atoms with E-state index in [1.165, 1.54) is 5.56 Å². The molecular formula is C31H24IrN2O-2. The van der Waals surface area contributed by atoms with Crippen molar-refractivity contribution in [3.63, 3.8) is 0 Å². The molecule has 5 aromatic rings. The Hall–Kier alpha value is -3.59. The quantitative estimate of drug-likeness (QED) is 0.189. The van der Waals surface area contributed by atoms with Gasteiger partial charge in [0.1, 0.15) is 11.5 Å². The zero-order valence-electron chi connectivity index (χ0n) is 19.5. The Morgan fingerprint density at radius 2 is 1.31 bits per heavy atom. The van der Waals surface area contributed by atoms with E-state index in [1.54, 1.807) is 6.20 Å². The molecule has 0 spiro atoms. The summed E-state index contributed by atoms with van der Waals surface area (Å²) in [6, 6.07) is 38.3. The van der Waals surface area contributed by atoms with Crippen molar-refractivity contribution in [3.05, 3.63) is 133 Å². The van der Waals surface area contributed by atoms with Gasteiger partial charge in [0.25, 0.3) is 0 Å². The largest absolute Gasteiger partial charge is 0.455 e. The normalized spacial score (nSPS) is 12.5. The van der Waals surface area contributed by atoms with Crippen molar-refractivity contribution in [1.29, 1.82) is 0 Å². The molecule has 0 amide bonds. The number of nitrogens with zero attached hydrogens (tertiary/aromatic N) is 2. The summed E-state index contributed by atoms with van der Waals surface area (Å²) in [5, 5.41) is 0. The summed E-state index contributed by atoms with van der Waals surface area (Å²) >= 11 is 0. The molecule has 2 aromatic heterocycles. The van der Waals surface area contributed by atoms with Gasteiger partial charge >= 0.3 is 0 Å². The Kier molecular flexibility index (Phi) is 7.55. The van der Waals surface area contributed by atoms with Crippen LogP contribution in [0, 0.1) is 12.1 Å². The second-order valence-corrected chi connectivity index (χ2v) is 8.56. The summed E-state index contributed by atoms with van der Waals surface area (Å²) in [5.41, 5.74) is 6.19. The van der Waals surface area contributed by atoms with E-state index in [1.807, 2.05) is 85.1 Å². The van der Waals surface area contributed by atoms with E-state index in [0.717, 1.165) is 39.6 Å². The standard InChI is InChI=1S/C20H16NO.C11H8N.Ir/c1-20(2)15-10-6-7-11-18(15)22-19-13-21-17(12-16(19)20)14-8-4-3-5-9-14;1-2-6-10(7-3-1)11-8-4-5-9-12-11;/h3-8,10-13H,1-2H3;1-6,8-9H;/q2*-1;. The van der Waals surface area contributed by atoms with E-state index in [4.69, 9.17) is 4.74 Å². The van der Waals surface area contributed by atoms with Crippen LogP contribution in [0.25, 0.3) is 22.5 Å². The van der Waals surface area contributed by atoms with Gasteiger partial charge in [0, 0.05) is 37.3 Å².